The Labute approximate surface area is 86.1 Å². The first-order valence-electron chi connectivity index (χ1n) is 3.42. The van der Waals surface area contributed by atoms with E-state index in [2.05, 4.69) is 46.7 Å². The van der Waals surface area contributed by atoms with Gasteiger partial charge in [-0.15, -0.1) is 5.92 Å². The van der Waals surface area contributed by atoms with Gasteiger partial charge in [0.1, 0.15) is 0 Å². The molecule has 2 unspecified atom stereocenters. The molecule has 0 aromatic heterocycles. The highest BCUT2D eigenvalue weighted by molar-refractivity contribution is 14.1. The van der Waals surface area contributed by atoms with Gasteiger partial charge in [-0.25, -0.2) is 4.79 Å². The molecule has 0 saturated carbocycles. The molecular weight excluding hydrogens is 269 g/mol. The fourth-order valence-electron chi connectivity index (χ4n) is 0.691. The van der Waals surface area contributed by atoms with Crippen LogP contribution in [0.2, 0.25) is 0 Å². The van der Waals surface area contributed by atoms with Crippen molar-refractivity contribution < 1.29 is 9.90 Å². The molecular formula is C8H11INO2. The minimum atomic E-state index is -1.02. The van der Waals surface area contributed by atoms with Crippen LogP contribution in [0, 0.1) is 24.7 Å². The molecule has 2 atom stereocenters. The highest BCUT2D eigenvalue weighted by Crippen LogP contribution is 2.04. The van der Waals surface area contributed by atoms with E-state index in [1.165, 1.54) is 0 Å². The topological polar surface area (TPSA) is 49.3 Å². The van der Waals surface area contributed by atoms with E-state index < -0.39 is 6.09 Å². The summed E-state index contributed by atoms with van der Waals surface area (Å²) in [4.78, 5) is 10.3. The van der Waals surface area contributed by atoms with Crippen LogP contribution in [0.5, 0.6) is 0 Å². The number of hydrogen-bond donors (Lipinski definition) is 2. The van der Waals surface area contributed by atoms with Crippen LogP contribution in [0.15, 0.2) is 0 Å². The molecule has 4 heteroatoms. The van der Waals surface area contributed by atoms with Crippen LogP contribution in [-0.2, 0) is 0 Å². The Morgan fingerprint density at radius 3 is 2.75 bits per heavy atom. The summed E-state index contributed by atoms with van der Waals surface area (Å²) >= 11 is 2.10. The van der Waals surface area contributed by atoms with Crippen LogP contribution in [0.25, 0.3) is 0 Å². The number of carboxylic acid groups (broad SMARTS) is 1. The Hall–Kier alpha value is -0.440. The number of rotatable bonds is 3. The Balaban J connectivity index is 4.10. The molecule has 3 nitrogen and oxygen atoms in total. The van der Waals surface area contributed by atoms with E-state index in [4.69, 9.17) is 5.11 Å². The molecule has 0 aromatic rings. The van der Waals surface area contributed by atoms with Crippen molar-refractivity contribution in [3.63, 3.8) is 0 Å². The molecule has 12 heavy (non-hydrogen) atoms. The lowest BCUT2D eigenvalue weighted by molar-refractivity contribution is 0.190. The molecule has 0 spiro atoms. The summed E-state index contributed by atoms with van der Waals surface area (Å²) in [7, 11) is 0. The summed E-state index contributed by atoms with van der Waals surface area (Å²) in [5, 5.41) is 10.8. The molecule has 0 aliphatic rings. The lowest BCUT2D eigenvalue weighted by Crippen LogP contribution is -2.39. The molecule has 0 saturated heterocycles. The van der Waals surface area contributed by atoms with Gasteiger partial charge in [0.25, 0.3) is 0 Å². The second kappa shape index (κ2) is 6.12. The Morgan fingerprint density at radius 1 is 1.83 bits per heavy atom. The van der Waals surface area contributed by atoms with Crippen LogP contribution in [0.3, 0.4) is 0 Å². The van der Waals surface area contributed by atoms with E-state index in [0.717, 1.165) is 0 Å². The minimum absolute atomic E-state index is 0.178. The second-order valence-electron chi connectivity index (χ2n) is 2.21. The third kappa shape index (κ3) is 4.44. The van der Waals surface area contributed by atoms with Crippen molar-refractivity contribution in [1.29, 1.82) is 0 Å². The third-order valence-electron chi connectivity index (χ3n) is 1.29. The van der Waals surface area contributed by atoms with E-state index in [0.29, 0.717) is 4.43 Å². The summed E-state index contributed by atoms with van der Waals surface area (Å²) < 4.78 is 0.674. The fourth-order valence-corrected chi connectivity index (χ4v) is 1.53. The SMILES string of the molecule is [CH2]C(C#CC)C(CI)NC(=O)O. The predicted molar refractivity (Wildman–Crippen MR) is 56.1 cm³/mol. The molecule has 1 amide bonds. The number of carbonyl (C=O) groups is 1. The van der Waals surface area contributed by atoms with Crippen LogP contribution in [-0.4, -0.2) is 21.7 Å². The van der Waals surface area contributed by atoms with Crippen LogP contribution in [0.1, 0.15) is 6.92 Å². The van der Waals surface area contributed by atoms with Crippen molar-refractivity contribution in [2.24, 2.45) is 5.92 Å². The van der Waals surface area contributed by atoms with E-state index in [9.17, 15) is 4.79 Å². The zero-order chi connectivity index (χ0) is 9.56. The maximum absolute atomic E-state index is 10.3. The lowest BCUT2D eigenvalue weighted by Gasteiger charge is -2.16. The maximum atomic E-state index is 10.3. The molecule has 67 valence electrons. The highest BCUT2D eigenvalue weighted by Gasteiger charge is 2.15. The molecule has 1 radical (unpaired) electrons. The van der Waals surface area contributed by atoms with Gasteiger partial charge in [0, 0.05) is 10.3 Å². The predicted octanol–water partition coefficient (Wildman–Crippen LogP) is 1.53. The van der Waals surface area contributed by atoms with Crippen molar-refractivity contribution in [3.05, 3.63) is 6.92 Å². The molecule has 0 bridgehead atoms. The van der Waals surface area contributed by atoms with E-state index in [-0.39, 0.29) is 12.0 Å². The molecule has 0 aromatic carbocycles. The zero-order valence-corrected chi connectivity index (χ0v) is 8.96. The first-order valence-corrected chi connectivity index (χ1v) is 4.95. The number of alkyl halides is 1. The molecule has 0 fully saturated rings. The molecule has 0 heterocycles. The summed E-state index contributed by atoms with van der Waals surface area (Å²) in [6.07, 6.45) is -1.02. The number of halogens is 1. The van der Waals surface area contributed by atoms with Crippen LogP contribution < -0.4 is 5.32 Å². The monoisotopic (exact) mass is 280 g/mol. The molecule has 0 rings (SSSR count). The number of nitrogens with one attached hydrogen (secondary N) is 1. The Bertz CT molecular complexity index is 207. The van der Waals surface area contributed by atoms with Gasteiger partial charge in [-0.1, -0.05) is 28.5 Å². The number of amides is 1. The zero-order valence-electron chi connectivity index (χ0n) is 6.80. The summed E-state index contributed by atoms with van der Waals surface area (Å²) in [5.74, 6) is 5.34. The van der Waals surface area contributed by atoms with Crippen molar-refractivity contribution in [2.75, 3.05) is 4.43 Å². The van der Waals surface area contributed by atoms with Crippen molar-refractivity contribution in [1.82, 2.24) is 5.32 Å². The minimum Gasteiger partial charge on any atom is -0.465 e. The van der Waals surface area contributed by atoms with Crippen molar-refractivity contribution in [2.45, 2.75) is 13.0 Å². The van der Waals surface area contributed by atoms with Gasteiger partial charge in [0.15, 0.2) is 0 Å². The van der Waals surface area contributed by atoms with Crippen molar-refractivity contribution in [3.8, 4) is 11.8 Å². The molecule has 0 aliphatic carbocycles. The first kappa shape index (κ1) is 11.6. The number of hydrogen-bond acceptors (Lipinski definition) is 1. The molecule has 2 N–H and O–H groups in total. The smallest absolute Gasteiger partial charge is 0.404 e. The van der Waals surface area contributed by atoms with Gasteiger partial charge in [-0.3, -0.25) is 0 Å². The second-order valence-corrected chi connectivity index (χ2v) is 3.09. The quantitative estimate of drug-likeness (QED) is 0.468. The van der Waals surface area contributed by atoms with Gasteiger partial charge in [0.2, 0.25) is 0 Å². The van der Waals surface area contributed by atoms with Gasteiger partial charge < -0.3 is 10.4 Å². The summed E-state index contributed by atoms with van der Waals surface area (Å²) in [6, 6.07) is -0.185. The average molecular weight is 280 g/mol. The van der Waals surface area contributed by atoms with E-state index >= 15 is 0 Å². The maximum Gasteiger partial charge on any atom is 0.404 e. The highest BCUT2D eigenvalue weighted by atomic mass is 127. The van der Waals surface area contributed by atoms with E-state index in [1.54, 1.807) is 6.92 Å². The summed E-state index contributed by atoms with van der Waals surface area (Å²) in [6.45, 7) is 5.46. The van der Waals surface area contributed by atoms with E-state index in [1.807, 2.05) is 0 Å². The first-order chi connectivity index (χ1) is 5.61. The lowest BCUT2D eigenvalue weighted by atomic mass is 10.1. The summed E-state index contributed by atoms with van der Waals surface area (Å²) in [5.41, 5.74) is 0. The Kier molecular flexibility index (Phi) is 5.89. The van der Waals surface area contributed by atoms with Crippen molar-refractivity contribution >= 4 is 28.7 Å². The van der Waals surface area contributed by atoms with Gasteiger partial charge >= 0.3 is 6.09 Å². The largest absolute Gasteiger partial charge is 0.465 e. The van der Waals surface area contributed by atoms with Crippen LogP contribution in [0.4, 0.5) is 4.79 Å². The average Bonchev–Trinajstić information content (AvgIpc) is 2.00. The van der Waals surface area contributed by atoms with Gasteiger partial charge in [0.05, 0.1) is 6.04 Å². The normalized spacial score (nSPS) is 13.9. The Morgan fingerprint density at radius 2 is 2.42 bits per heavy atom. The van der Waals surface area contributed by atoms with Crippen LogP contribution >= 0.6 is 22.6 Å². The van der Waals surface area contributed by atoms with Gasteiger partial charge in [-0.05, 0) is 13.8 Å². The third-order valence-corrected chi connectivity index (χ3v) is 2.24. The van der Waals surface area contributed by atoms with Gasteiger partial charge in [-0.2, -0.15) is 0 Å². The standard InChI is InChI=1S/C8H11INO2/c1-3-4-6(2)7(5-9)10-8(11)12/h6-7,10H,2,5H2,1H3,(H,11,12). The molecule has 0 aliphatic heterocycles. The fraction of sp³-hybridized carbons (Fsp3) is 0.500.